The van der Waals surface area contributed by atoms with Crippen molar-refractivity contribution in [2.24, 2.45) is 0 Å². The van der Waals surface area contributed by atoms with Crippen LogP contribution in [-0.4, -0.2) is 56.8 Å². The molecule has 0 radical (unpaired) electrons. The van der Waals surface area contributed by atoms with Crippen LogP contribution in [0.3, 0.4) is 0 Å². The number of hydrogen-bond donors (Lipinski definition) is 1. The van der Waals surface area contributed by atoms with Crippen molar-refractivity contribution < 1.29 is 8.42 Å². The van der Waals surface area contributed by atoms with Gasteiger partial charge in [0.15, 0.2) is 0 Å². The van der Waals surface area contributed by atoms with Crippen LogP contribution in [-0.2, 0) is 10.0 Å². The predicted octanol–water partition coefficient (Wildman–Crippen LogP) is -0.154. The van der Waals surface area contributed by atoms with E-state index in [4.69, 9.17) is 5.73 Å². The van der Waals surface area contributed by atoms with E-state index >= 15 is 0 Å². The average molecular weight is 258 g/mol. The molecule has 0 atom stereocenters. The first kappa shape index (κ1) is 13.9. The third-order valence-electron chi connectivity index (χ3n) is 2.33. The van der Waals surface area contributed by atoms with Gasteiger partial charge in [0.25, 0.3) is 0 Å². The van der Waals surface area contributed by atoms with Gasteiger partial charge in [-0.15, -0.1) is 0 Å². The number of rotatable bonds is 5. The summed E-state index contributed by atoms with van der Waals surface area (Å²) in [6.07, 6.45) is 1.27. The average Bonchev–Trinajstić information content (AvgIpc) is 2.26. The third-order valence-corrected chi connectivity index (χ3v) is 4.17. The first-order chi connectivity index (χ1) is 7.84. The van der Waals surface area contributed by atoms with E-state index in [1.165, 1.54) is 22.6 Å². The Morgan fingerprint density at radius 3 is 2.35 bits per heavy atom. The van der Waals surface area contributed by atoms with Crippen LogP contribution in [0.5, 0.6) is 0 Å². The molecule has 1 aromatic heterocycles. The van der Waals surface area contributed by atoms with Crippen molar-refractivity contribution in [3.8, 4) is 0 Å². The minimum absolute atomic E-state index is 0.160. The van der Waals surface area contributed by atoms with Crippen LogP contribution in [0.25, 0.3) is 0 Å². The van der Waals surface area contributed by atoms with Gasteiger partial charge in [-0.1, -0.05) is 0 Å². The van der Waals surface area contributed by atoms with Crippen molar-refractivity contribution in [1.82, 2.24) is 14.2 Å². The van der Waals surface area contributed by atoms with E-state index in [9.17, 15) is 8.42 Å². The van der Waals surface area contributed by atoms with Crippen LogP contribution >= 0.6 is 0 Å². The van der Waals surface area contributed by atoms with E-state index < -0.39 is 10.0 Å². The smallest absolute Gasteiger partial charge is 0.244 e. The van der Waals surface area contributed by atoms with Crippen molar-refractivity contribution in [3.63, 3.8) is 0 Å². The van der Waals surface area contributed by atoms with E-state index in [2.05, 4.69) is 4.98 Å². The molecule has 96 valence electrons. The number of hydrogen-bond acceptors (Lipinski definition) is 5. The molecule has 0 aliphatic rings. The summed E-state index contributed by atoms with van der Waals surface area (Å²) in [5.41, 5.74) is 5.42. The van der Waals surface area contributed by atoms with Gasteiger partial charge in [0.05, 0.1) is 0 Å². The molecule has 0 amide bonds. The SMILES string of the molecule is CN(C)CCN(C)S(=O)(=O)c1ccc(N)nc1. The maximum Gasteiger partial charge on any atom is 0.244 e. The van der Waals surface area contributed by atoms with Gasteiger partial charge >= 0.3 is 0 Å². The molecule has 0 bridgehead atoms. The Labute approximate surface area is 102 Å². The van der Waals surface area contributed by atoms with Crippen molar-refractivity contribution in [1.29, 1.82) is 0 Å². The molecular formula is C10H18N4O2S. The van der Waals surface area contributed by atoms with Crippen molar-refractivity contribution in [2.75, 3.05) is 40.0 Å². The summed E-state index contributed by atoms with van der Waals surface area (Å²) in [6.45, 7) is 1.10. The number of sulfonamides is 1. The maximum atomic E-state index is 12.1. The minimum Gasteiger partial charge on any atom is -0.384 e. The molecule has 0 unspecified atom stereocenters. The first-order valence-corrected chi connectivity index (χ1v) is 6.60. The molecular weight excluding hydrogens is 240 g/mol. The molecule has 17 heavy (non-hydrogen) atoms. The molecule has 2 N–H and O–H groups in total. The van der Waals surface area contributed by atoms with Gasteiger partial charge in [-0.25, -0.2) is 13.4 Å². The van der Waals surface area contributed by atoms with Crippen LogP contribution < -0.4 is 5.73 Å². The zero-order valence-electron chi connectivity index (χ0n) is 10.3. The van der Waals surface area contributed by atoms with E-state index in [-0.39, 0.29) is 4.90 Å². The summed E-state index contributed by atoms with van der Waals surface area (Å²) in [4.78, 5) is 5.87. The lowest BCUT2D eigenvalue weighted by Gasteiger charge is -2.19. The number of likely N-dealkylation sites (N-methyl/N-ethyl adjacent to an activating group) is 2. The van der Waals surface area contributed by atoms with Crippen LogP contribution in [0, 0.1) is 0 Å². The molecule has 0 saturated carbocycles. The zero-order valence-corrected chi connectivity index (χ0v) is 11.1. The minimum atomic E-state index is -3.46. The molecule has 0 saturated heterocycles. The Bertz CT molecular complexity index is 456. The van der Waals surface area contributed by atoms with Crippen molar-refractivity contribution in [3.05, 3.63) is 18.3 Å². The summed E-state index contributed by atoms with van der Waals surface area (Å²) in [6, 6.07) is 2.94. The largest absolute Gasteiger partial charge is 0.384 e. The molecule has 1 aromatic rings. The normalized spacial score (nSPS) is 12.3. The second kappa shape index (κ2) is 5.44. The predicted molar refractivity (Wildman–Crippen MR) is 67.0 cm³/mol. The van der Waals surface area contributed by atoms with E-state index in [0.717, 1.165) is 0 Å². The number of nitrogen functional groups attached to an aromatic ring is 1. The summed E-state index contributed by atoms with van der Waals surface area (Å²) in [7, 11) is 1.88. The molecule has 7 heteroatoms. The Morgan fingerprint density at radius 2 is 1.88 bits per heavy atom. The van der Waals surface area contributed by atoms with Crippen LogP contribution in [0.15, 0.2) is 23.2 Å². The number of aromatic nitrogens is 1. The summed E-state index contributed by atoms with van der Waals surface area (Å²) in [5, 5.41) is 0. The molecule has 0 aromatic carbocycles. The Hall–Kier alpha value is -1.18. The molecule has 0 spiro atoms. The number of anilines is 1. The lowest BCUT2D eigenvalue weighted by Crippen LogP contribution is -2.33. The monoisotopic (exact) mass is 258 g/mol. The number of nitrogens with zero attached hydrogens (tertiary/aromatic N) is 3. The second-order valence-corrected chi connectivity index (χ2v) is 6.09. The highest BCUT2D eigenvalue weighted by Gasteiger charge is 2.20. The summed E-state index contributed by atoms with van der Waals surface area (Å²) < 4.78 is 25.5. The van der Waals surface area contributed by atoms with Crippen LogP contribution in [0.1, 0.15) is 0 Å². The molecule has 0 fully saturated rings. The highest BCUT2D eigenvalue weighted by Crippen LogP contribution is 2.13. The summed E-state index contributed by atoms with van der Waals surface area (Å²) >= 11 is 0. The van der Waals surface area contributed by atoms with Crippen LogP contribution in [0.2, 0.25) is 0 Å². The highest BCUT2D eigenvalue weighted by molar-refractivity contribution is 7.89. The quantitative estimate of drug-likeness (QED) is 0.794. The topological polar surface area (TPSA) is 79.5 Å². The Balaban J connectivity index is 2.84. The van der Waals surface area contributed by atoms with Gasteiger partial charge < -0.3 is 10.6 Å². The molecule has 1 heterocycles. The Kier molecular flexibility index (Phi) is 4.44. The fourth-order valence-corrected chi connectivity index (χ4v) is 2.29. The van der Waals surface area contributed by atoms with Gasteiger partial charge in [0.1, 0.15) is 10.7 Å². The second-order valence-electron chi connectivity index (χ2n) is 4.05. The molecule has 6 nitrogen and oxygen atoms in total. The van der Waals surface area contributed by atoms with E-state index in [0.29, 0.717) is 18.9 Å². The lowest BCUT2D eigenvalue weighted by atomic mass is 10.5. The van der Waals surface area contributed by atoms with Crippen LogP contribution in [0.4, 0.5) is 5.82 Å². The van der Waals surface area contributed by atoms with Gasteiger partial charge in [-0.2, -0.15) is 4.31 Å². The van der Waals surface area contributed by atoms with E-state index in [1.807, 2.05) is 19.0 Å². The molecule has 0 aliphatic heterocycles. The van der Waals surface area contributed by atoms with E-state index in [1.54, 1.807) is 7.05 Å². The third kappa shape index (κ3) is 3.65. The van der Waals surface area contributed by atoms with Gasteiger partial charge in [0.2, 0.25) is 10.0 Å². The van der Waals surface area contributed by atoms with Gasteiger partial charge in [-0.3, -0.25) is 0 Å². The Morgan fingerprint density at radius 1 is 1.24 bits per heavy atom. The molecule has 1 rings (SSSR count). The first-order valence-electron chi connectivity index (χ1n) is 5.16. The van der Waals surface area contributed by atoms with Gasteiger partial charge in [-0.05, 0) is 26.2 Å². The maximum absolute atomic E-state index is 12.1. The fourth-order valence-electron chi connectivity index (χ4n) is 1.19. The number of pyridine rings is 1. The van der Waals surface area contributed by atoms with Crippen molar-refractivity contribution in [2.45, 2.75) is 4.90 Å². The molecule has 0 aliphatic carbocycles. The van der Waals surface area contributed by atoms with Gasteiger partial charge in [0, 0.05) is 26.3 Å². The lowest BCUT2D eigenvalue weighted by molar-refractivity contribution is 0.358. The zero-order chi connectivity index (χ0) is 13.1. The fraction of sp³-hybridized carbons (Fsp3) is 0.500. The number of nitrogens with two attached hydrogens (primary N) is 1. The summed E-state index contributed by atoms with van der Waals surface area (Å²) in [5.74, 6) is 0.305. The standard InChI is InChI=1S/C10H18N4O2S/c1-13(2)6-7-14(3)17(15,16)9-4-5-10(11)12-8-9/h4-5,8H,6-7H2,1-3H3,(H2,11,12). The van der Waals surface area contributed by atoms with Crippen molar-refractivity contribution >= 4 is 15.8 Å². The highest BCUT2D eigenvalue weighted by atomic mass is 32.2.